The van der Waals surface area contributed by atoms with Crippen molar-refractivity contribution in [1.29, 1.82) is 0 Å². The molecule has 1 aromatic carbocycles. The van der Waals surface area contributed by atoms with E-state index in [0.29, 0.717) is 30.6 Å². The first kappa shape index (κ1) is 35.3. The summed E-state index contributed by atoms with van der Waals surface area (Å²) in [4.78, 5) is 42.4. The van der Waals surface area contributed by atoms with Gasteiger partial charge in [0.05, 0.1) is 0 Å². The summed E-state index contributed by atoms with van der Waals surface area (Å²) in [6.07, 6.45) is 7.58. The average Bonchev–Trinajstić information content (AvgIpc) is 2.85. The molecule has 228 valence electrons. The highest BCUT2D eigenvalue weighted by molar-refractivity contribution is 5.92. The van der Waals surface area contributed by atoms with Crippen molar-refractivity contribution < 1.29 is 24.2 Å². The Hall–Kier alpha value is -2.77. The first-order chi connectivity index (χ1) is 18.8. The number of amides is 3. The van der Waals surface area contributed by atoms with Crippen LogP contribution in [0.5, 0.6) is 5.75 Å². The predicted octanol–water partition coefficient (Wildman–Crippen LogP) is 6.79. The number of ether oxygens (including phenoxy) is 1. The van der Waals surface area contributed by atoms with Crippen molar-refractivity contribution in [3.8, 4) is 5.75 Å². The van der Waals surface area contributed by atoms with Crippen LogP contribution in [0, 0.1) is 12.8 Å². The third kappa shape index (κ3) is 13.1. The number of hydrogen-bond donors (Lipinski definition) is 3. The van der Waals surface area contributed by atoms with Gasteiger partial charge in [0.1, 0.15) is 23.4 Å². The largest absolute Gasteiger partial charge is 0.508 e. The lowest BCUT2D eigenvalue weighted by molar-refractivity contribution is -0.143. The zero-order chi connectivity index (χ0) is 30.3. The van der Waals surface area contributed by atoms with Gasteiger partial charge >= 0.3 is 6.09 Å². The molecule has 0 aromatic heterocycles. The van der Waals surface area contributed by atoms with Gasteiger partial charge in [0.2, 0.25) is 11.8 Å². The Balaban J connectivity index is 3.48. The zero-order valence-electron chi connectivity index (χ0n) is 26.3. The molecule has 40 heavy (non-hydrogen) atoms. The Morgan fingerprint density at radius 1 is 0.975 bits per heavy atom. The maximum absolute atomic E-state index is 14.3. The van der Waals surface area contributed by atoms with Crippen LogP contribution >= 0.6 is 0 Å². The first-order valence-electron chi connectivity index (χ1n) is 15.2. The van der Waals surface area contributed by atoms with Crippen molar-refractivity contribution in [1.82, 2.24) is 15.5 Å². The Bertz CT molecular complexity index is 926. The van der Waals surface area contributed by atoms with Gasteiger partial charge in [-0.1, -0.05) is 72.3 Å². The van der Waals surface area contributed by atoms with E-state index in [9.17, 15) is 19.5 Å². The number of phenols is 1. The second-order valence-corrected chi connectivity index (χ2v) is 12.2. The lowest BCUT2D eigenvalue weighted by Crippen LogP contribution is -2.53. The number of hydrogen-bond acceptors (Lipinski definition) is 5. The van der Waals surface area contributed by atoms with Crippen LogP contribution in [0.25, 0.3) is 0 Å². The highest BCUT2D eigenvalue weighted by Crippen LogP contribution is 2.28. The molecule has 0 aliphatic heterocycles. The van der Waals surface area contributed by atoms with Crippen molar-refractivity contribution >= 4 is 17.9 Å². The van der Waals surface area contributed by atoms with Crippen LogP contribution < -0.4 is 10.6 Å². The number of nitrogens with one attached hydrogen (secondary N) is 2. The lowest BCUT2D eigenvalue weighted by Gasteiger charge is -2.35. The Morgan fingerprint density at radius 2 is 1.60 bits per heavy atom. The minimum Gasteiger partial charge on any atom is -0.508 e. The number of unbranched alkanes of at least 4 members (excludes halogenated alkanes) is 6. The van der Waals surface area contributed by atoms with Crippen molar-refractivity contribution in [2.24, 2.45) is 5.92 Å². The summed E-state index contributed by atoms with van der Waals surface area (Å²) in [7, 11) is 0. The minimum atomic E-state index is -0.894. The van der Waals surface area contributed by atoms with E-state index in [1.807, 2.05) is 13.8 Å². The molecule has 3 N–H and O–H groups in total. The van der Waals surface area contributed by atoms with Crippen LogP contribution in [0.15, 0.2) is 18.2 Å². The SMILES string of the molecule is CCCCCCCN(C(=O)C(CC(C)C)NC(=O)OC(C)(C)C)C(C(=O)NCCCCC)c1ccc(O)c(C)c1. The number of rotatable bonds is 17. The quantitative estimate of drug-likeness (QED) is 0.182. The fraction of sp³-hybridized carbons (Fsp3) is 0.719. The summed E-state index contributed by atoms with van der Waals surface area (Å²) in [6.45, 7) is 16.3. The predicted molar refractivity (Wildman–Crippen MR) is 161 cm³/mol. The third-order valence-electron chi connectivity index (χ3n) is 6.66. The molecule has 0 radical (unpaired) electrons. The first-order valence-corrected chi connectivity index (χ1v) is 15.2. The second kappa shape index (κ2) is 17.8. The van der Waals surface area contributed by atoms with Crippen molar-refractivity contribution in [3.05, 3.63) is 29.3 Å². The molecule has 1 rings (SSSR count). The highest BCUT2D eigenvalue weighted by Gasteiger charge is 2.36. The van der Waals surface area contributed by atoms with Crippen LogP contribution in [0.1, 0.15) is 123 Å². The van der Waals surface area contributed by atoms with E-state index in [2.05, 4.69) is 24.5 Å². The number of phenolic OH excluding ortho intramolecular Hbond substituents is 1. The van der Waals surface area contributed by atoms with E-state index >= 15 is 0 Å². The molecular weight excluding hydrogens is 506 g/mol. The summed E-state index contributed by atoms with van der Waals surface area (Å²) < 4.78 is 5.47. The molecular formula is C32H55N3O5. The highest BCUT2D eigenvalue weighted by atomic mass is 16.6. The van der Waals surface area contributed by atoms with Gasteiger partial charge in [0.25, 0.3) is 0 Å². The number of carbonyl (C=O) groups is 3. The topological polar surface area (TPSA) is 108 Å². The fourth-order valence-electron chi connectivity index (χ4n) is 4.60. The fourth-order valence-corrected chi connectivity index (χ4v) is 4.60. The molecule has 0 aliphatic carbocycles. The van der Waals surface area contributed by atoms with E-state index in [0.717, 1.165) is 51.4 Å². The molecule has 0 fully saturated rings. The van der Waals surface area contributed by atoms with Gasteiger partial charge in [0.15, 0.2) is 0 Å². The van der Waals surface area contributed by atoms with E-state index in [-0.39, 0.29) is 23.5 Å². The van der Waals surface area contributed by atoms with Gasteiger partial charge in [-0.15, -0.1) is 0 Å². The molecule has 0 saturated heterocycles. The smallest absolute Gasteiger partial charge is 0.408 e. The number of alkyl carbamates (subject to hydrolysis) is 1. The number of aromatic hydroxyl groups is 1. The van der Waals surface area contributed by atoms with Crippen LogP contribution in [0.4, 0.5) is 4.79 Å². The molecule has 0 heterocycles. The number of aryl methyl sites for hydroxylation is 1. The molecule has 3 amide bonds. The Labute approximate surface area is 242 Å². The summed E-state index contributed by atoms with van der Waals surface area (Å²) in [5.74, 6) is -0.321. The standard InChI is InChI=1S/C32H55N3O5/c1-9-11-13-14-16-20-35(30(38)26(21-23(3)4)34-31(39)40-32(6,7)8)28(29(37)33-19-15-12-10-2)25-17-18-27(36)24(5)22-25/h17-18,22-23,26,28,36H,9-16,19-21H2,1-8H3,(H,33,37)(H,34,39). The van der Waals surface area contributed by atoms with Crippen LogP contribution in [0.3, 0.4) is 0 Å². The van der Waals surface area contributed by atoms with Crippen molar-refractivity contribution in [2.45, 2.75) is 131 Å². The summed E-state index contributed by atoms with van der Waals surface area (Å²) >= 11 is 0. The van der Waals surface area contributed by atoms with Crippen LogP contribution in [-0.2, 0) is 14.3 Å². The molecule has 8 heteroatoms. The van der Waals surface area contributed by atoms with E-state index < -0.39 is 23.8 Å². The molecule has 2 unspecified atom stereocenters. The molecule has 0 bridgehead atoms. The molecule has 2 atom stereocenters. The minimum absolute atomic E-state index is 0.118. The van der Waals surface area contributed by atoms with Crippen molar-refractivity contribution in [3.63, 3.8) is 0 Å². The lowest BCUT2D eigenvalue weighted by atomic mass is 9.97. The Morgan fingerprint density at radius 3 is 2.17 bits per heavy atom. The van der Waals surface area contributed by atoms with Gasteiger partial charge in [0, 0.05) is 13.1 Å². The summed E-state index contributed by atoms with van der Waals surface area (Å²) in [5, 5.41) is 16.0. The normalized spacial score (nSPS) is 13.0. The second-order valence-electron chi connectivity index (χ2n) is 12.2. The molecule has 0 aliphatic rings. The molecule has 0 saturated carbocycles. The van der Waals surface area contributed by atoms with Gasteiger partial charge in [-0.05, 0) is 76.1 Å². The third-order valence-corrected chi connectivity index (χ3v) is 6.66. The van der Waals surface area contributed by atoms with E-state index in [4.69, 9.17) is 4.74 Å². The number of benzene rings is 1. The van der Waals surface area contributed by atoms with Crippen molar-refractivity contribution in [2.75, 3.05) is 13.1 Å². The van der Waals surface area contributed by atoms with E-state index in [1.165, 1.54) is 0 Å². The average molecular weight is 562 g/mol. The van der Waals surface area contributed by atoms with Crippen LogP contribution in [-0.4, -0.2) is 52.6 Å². The van der Waals surface area contributed by atoms with Gasteiger partial charge in [-0.25, -0.2) is 4.79 Å². The molecule has 8 nitrogen and oxygen atoms in total. The summed E-state index contributed by atoms with van der Waals surface area (Å²) in [5.41, 5.74) is 0.548. The molecule has 1 aromatic rings. The van der Waals surface area contributed by atoms with Gasteiger partial charge < -0.3 is 25.4 Å². The van der Waals surface area contributed by atoms with Gasteiger partial charge in [-0.3, -0.25) is 9.59 Å². The monoisotopic (exact) mass is 561 g/mol. The number of carbonyl (C=O) groups excluding carboxylic acids is 3. The zero-order valence-corrected chi connectivity index (χ0v) is 26.3. The summed E-state index contributed by atoms with van der Waals surface area (Å²) in [6, 6.07) is 3.29. The maximum atomic E-state index is 14.3. The van der Waals surface area contributed by atoms with Gasteiger partial charge in [-0.2, -0.15) is 0 Å². The Kier molecular flexibility index (Phi) is 15.7. The van der Waals surface area contributed by atoms with E-state index in [1.54, 1.807) is 50.8 Å². The molecule has 0 spiro atoms. The number of nitrogens with zero attached hydrogens (tertiary/aromatic N) is 1. The maximum Gasteiger partial charge on any atom is 0.408 e. The van der Waals surface area contributed by atoms with Crippen LogP contribution in [0.2, 0.25) is 0 Å².